The molecule has 0 aromatic carbocycles. The van der Waals surface area contributed by atoms with E-state index in [0.29, 0.717) is 17.3 Å². The molecule has 0 fully saturated rings. The van der Waals surface area contributed by atoms with Crippen molar-refractivity contribution in [2.24, 2.45) is 11.1 Å². The van der Waals surface area contributed by atoms with Gasteiger partial charge in [0.05, 0.1) is 17.8 Å². The first kappa shape index (κ1) is 17.1. The Hall–Kier alpha value is -0.910. The van der Waals surface area contributed by atoms with E-state index in [-0.39, 0.29) is 5.78 Å². The number of hydrogen-bond donors (Lipinski definition) is 1. The fourth-order valence-electron chi connectivity index (χ4n) is 1.64. The van der Waals surface area contributed by atoms with Gasteiger partial charge in [-0.1, -0.05) is 25.4 Å². The van der Waals surface area contributed by atoms with Crippen LogP contribution in [0.1, 0.15) is 38.2 Å². The van der Waals surface area contributed by atoms with E-state index in [0.717, 1.165) is 6.54 Å². The number of nitrogens with two attached hydrogens (primary N) is 1. The van der Waals surface area contributed by atoms with Crippen LogP contribution in [0.25, 0.3) is 0 Å². The third kappa shape index (κ3) is 3.40. The molecule has 0 saturated heterocycles. The van der Waals surface area contributed by atoms with Crippen LogP contribution in [0.3, 0.4) is 0 Å². The van der Waals surface area contributed by atoms with Crippen LogP contribution in [0.5, 0.6) is 0 Å². The van der Waals surface area contributed by atoms with E-state index in [4.69, 9.17) is 17.3 Å². The van der Waals surface area contributed by atoms with Crippen LogP contribution >= 0.6 is 11.6 Å². The maximum absolute atomic E-state index is 12.8. The Balaban J connectivity index is 3.13. The molecule has 20 heavy (non-hydrogen) atoms. The zero-order valence-corrected chi connectivity index (χ0v) is 14.0. The quantitative estimate of drug-likeness (QED) is 0.817. The number of nitrogens with zero attached hydrogens (tertiary/aromatic N) is 3. The predicted octanol–water partition coefficient (Wildman–Crippen LogP) is 2.04. The van der Waals surface area contributed by atoms with E-state index in [1.54, 1.807) is 4.68 Å². The minimum Gasteiger partial charge on any atom is -0.325 e. The van der Waals surface area contributed by atoms with Crippen LogP contribution in [0.4, 0.5) is 0 Å². The average molecular weight is 301 g/mol. The Morgan fingerprint density at radius 2 is 1.95 bits per heavy atom. The molecule has 0 radical (unpaired) electrons. The van der Waals surface area contributed by atoms with Crippen LogP contribution in [0.15, 0.2) is 6.20 Å². The van der Waals surface area contributed by atoms with E-state index in [1.165, 1.54) is 6.20 Å². The van der Waals surface area contributed by atoms with Crippen molar-refractivity contribution < 1.29 is 4.79 Å². The lowest BCUT2D eigenvalue weighted by atomic mass is 9.71. The molecule has 0 bridgehead atoms. The Morgan fingerprint density at radius 1 is 1.40 bits per heavy atom. The monoisotopic (exact) mass is 300 g/mol. The summed E-state index contributed by atoms with van der Waals surface area (Å²) in [5.41, 5.74) is 5.20. The fourth-order valence-corrected chi connectivity index (χ4v) is 1.87. The number of hydrogen-bond acceptors (Lipinski definition) is 4. The minimum atomic E-state index is -0.730. The second-order valence-electron chi connectivity index (χ2n) is 6.54. The standard InChI is InChI=1S/C14H25ClN4O/c1-13(2,14(3,4)16)12(20)11-10(15)9-17-19(11)8-7-18(5)6/h9H,7-8,16H2,1-6H3. The number of rotatable bonds is 6. The lowest BCUT2D eigenvalue weighted by molar-refractivity contribution is 0.0722. The summed E-state index contributed by atoms with van der Waals surface area (Å²) in [6, 6.07) is 0. The topological polar surface area (TPSA) is 64.2 Å². The molecule has 1 rings (SSSR count). The molecule has 0 aliphatic carbocycles. The molecule has 5 nitrogen and oxygen atoms in total. The van der Waals surface area contributed by atoms with Crippen molar-refractivity contribution in [2.75, 3.05) is 20.6 Å². The van der Waals surface area contributed by atoms with Gasteiger partial charge >= 0.3 is 0 Å². The van der Waals surface area contributed by atoms with Crippen LogP contribution < -0.4 is 5.73 Å². The van der Waals surface area contributed by atoms with Gasteiger partial charge in [0.15, 0.2) is 5.78 Å². The summed E-state index contributed by atoms with van der Waals surface area (Å²) in [6.45, 7) is 8.77. The number of likely N-dealkylation sites (N-methyl/N-ethyl adjacent to an activating group) is 1. The number of ketones is 1. The summed E-state index contributed by atoms with van der Waals surface area (Å²) in [4.78, 5) is 14.9. The summed E-state index contributed by atoms with van der Waals surface area (Å²) in [7, 11) is 3.94. The molecule has 114 valence electrons. The summed E-state index contributed by atoms with van der Waals surface area (Å²) in [5, 5.41) is 4.58. The highest BCUT2D eigenvalue weighted by Crippen LogP contribution is 2.34. The number of halogens is 1. The molecule has 0 unspecified atom stereocenters. The number of carbonyl (C=O) groups excluding carboxylic acids is 1. The molecule has 0 amide bonds. The Labute approximate surface area is 126 Å². The zero-order chi connectivity index (χ0) is 15.7. The maximum atomic E-state index is 12.8. The second kappa shape index (κ2) is 5.84. The first-order valence-electron chi connectivity index (χ1n) is 6.68. The molecule has 6 heteroatoms. The normalized spacial score (nSPS) is 13.1. The van der Waals surface area contributed by atoms with Gasteiger partial charge in [-0.05, 0) is 27.9 Å². The average Bonchev–Trinajstić information content (AvgIpc) is 2.65. The zero-order valence-electron chi connectivity index (χ0n) is 13.2. The molecular weight excluding hydrogens is 276 g/mol. The van der Waals surface area contributed by atoms with Gasteiger partial charge in [-0.25, -0.2) is 0 Å². The first-order chi connectivity index (χ1) is 8.98. The van der Waals surface area contributed by atoms with E-state index in [1.807, 2.05) is 46.7 Å². The summed E-state index contributed by atoms with van der Waals surface area (Å²) in [5.74, 6) is -0.0775. The van der Waals surface area contributed by atoms with Crippen molar-refractivity contribution >= 4 is 17.4 Å². The fraction of sp³-hybridized carbons (Fsp3) is 0.714. The molecule has 0 atom stereocenters. The van der Waals surface area contributed by atoms with E-state index < -0.39 is 11.0 Å². The van der Waals surface area contributed by atoms with Crippen LogP contribution in [-0.2, 0) is 6.54 Å². The lowest BCUT2D eigenvalue weighted by Crippen LogP contribution is -2.52. The highest BCUT2D eigenvalue weighted by Gasteiger charge is 2.42. The predicted molar refractivity (Wildman–Crippen MR) is 82.2 cm³/mol. The molecule has 0 spiro atoms. The SMILES string of the molecule is CN(C)CCn1ncc(Cl)c1C(=O)C(C)(C)C(C)(C)N. The summed E-state index contributed by atoms with van der Waals surface area (Å²) >= 11 is 6.15. The molecule has 1 heterocycles. The molecule has 1 aromatic rings. The van der Waals surface area contributed by atoms with Crippen molar-refractivity contribution in [3.8, 4) is 0 Å². The highest BCUT2D eigenvalue weighted by molar-refractivity contribution is 6.33. The molecule has 0 saturated carbocycles. The summed E-state index contributed by atoms with van der Waals surface area (Å²) < 4.78 is 1.66. The lowest BCUT2D eigenvalue weighted by Gasteiger charge is -2.37. The van der Waals surface area contributed by atoms with Crippen molar-refractivity contribution in [1.29, 1.82) is 0 Å². The van der Waals surface area contributed by atoms with Gasteiger partial charge in [-0.2, -0.15) is 5.10 Å². The van der Waals surface area contributed by atoms with Gasteiger partial charge in [0.2, 0.25) is 0 Å². The molecule has 0 aliphatic heterocycles. The van der Waals surface area contributed by atoms with Crippen molar-refractivity contribution in [2.45, 2.75) is 39.8 Å². The molecule has 0 aliphatic rings. The molecule has 2 N–H and O–H groups in total. The van der Waals surface area contributed by atoms with Crippen molar-refractivity contribution in [1.82, 2.24) is 14.7 Å². The number of aromatic nitrogens is 2. The molecule has 1 aromatic heterocycles. The smallest absolute Gasteiger partial charge is 0.189 e. The van der Waals surface area contributed by atoms with Gasteiger partial charge in [-0.15, -0.1) is 0 Å². The third-order valence-electron chi connectivity index (χ3n) is 3.95. The van der Waals surface area contributed by atoms with Gasteiger partial charge in [0.25, 0.3) is 0 Å². The largest absolute Gasteiger partial charge is 0.325 e. The minimum absolute atomic E-state index is 0.0775. The third-order valence-corrected chi connectivity index (χ3v) is 4.22. The Morgan fingerprint density at radius 3 is 2.40 bits per heavy atom. The van der Waals surface area contributed by atoms with E-state index in [9.17, 15) is 4.79 Å². The van der Waals surface area contributed by atoms with Crippen LogP contribution in [0, 0.1) is 5.41 Å². The van der Waals surface area contributed by atoms with Crippen LogP contribution in [-0.4, -0.2) is 46.6 Å². The van der Waals surface area contributed by atoms with Gasteiger partial charge in [-0.3, -0.25) is 9.48 Å². The van der Waals surface area contributed by atoms with Crippen LogP contribution in [0.2, 0.25) is 5.02 Å². The summed E-state index contributed by atoms with van der Waals surface area (Å²) in [6.07, 6.45) is 1.52. The number of Topliss-reactive ketones (excluding diaryl/α,β-unsaturated/α-hetero) is 1. The van der Waals surface area contributed by atoms with E-state index >= 15 is 0 Å². The Bertz CT molecular complexity index is 486. The van der Waals surface area contributed by atoms with Crippen molar-refractivity contribution in [3.63, 3.8) is 0 Å². The maximum Gasteiger partial charge on any atom is 0.189 e. The Kier molecular flexibility index (Phi) is 5.00. The molecular formula is C14H25ClN4O. The highest BCUT2D eigenvalue weighted by atomic mass is 35.5. The second-order valence-corrected chi connectivity index (χ2v) is 6.95. The first-order valence-corrected chi connectivity index (χ1v) is 7.06. The van der Waals surface area contributed by atoms with Gasteiger partial charge in [0, 0.05) is 17.5 Å². The van der Waals surface area contributed by atoms with Gasteiger partial charge in [0.1, 0.15) is 5.69 Å². The number of carbonyl (C=O) groups is 1. The van der Waals surface area contributed by atoms with Crippen molar-refractivity contribution in [3.05, 3.63) is 16.9 Å². The van der Waals surface area contributed by atoms with Gasteiger partial charge < -0.3 is 10.6 Å². The van der Waals surface area contributed by atoms with E-state index in [2.05, 4.69) is 5.10 Å².